The van der Waals surface area contributed by atoms with Crippen molar-refractivity contribution in [2.24, 2.45) is 29.4 Å². The topological polar surface area (TPSA) is 400 Å². The maximum atomic E-state index is 13.2. The first-order valence-electron chi connectivity index (χ1n) is 45.2. The predicted octanol–water partition coefficient (Wildman–Crippen LogP) is 16.5. The number of nitrogens with two attached hydrogens (primary N) is 2. The number of carbonyl (C=O) groups excluding carboxylic acids is 7. The molecule has 0 spiro atoms. The van der Waals surface area contributed by atoms with E-state index < -0.39 is 112 Å². The van der Waals surface area contributed by atoms with Gasteiger partial charge in [-0.05, 0) is 204 Å². The van der Waals surface area contributed by atoms with E-state index in [1.807, 2.05) is 18.2 Å². The minimum absolute atomic E-state index is 0.00151. The number of halogens is 15. The molecule has 5 atom stereocenters. The number of anilines is 5. The molecule has 31 nitrogen and oxygen atoms in total. The molecule has 4 saturated carbocycles. The first kappa shape index (κ1) is 111. The van der Waals surface area contributed by atoms with Gasteiger partial charge in [-0.2, -0.15) is 65.9 Å². The number of alkyl halides is 15. The van der Waals surface area contributed by atoms with E-state index in [0.29, 0.717) is 144 Å². The summed E-state index contributed by atoms with van der Waals surface area (Å²) in [7, 11) is 0. The second-order valence-corrected chi connectivity index (χ2v) is 37.6. The molecule has 46 heteroatoms. The second-order valence-electron chi connectivity index (χ2n) is 37.6. The first-order chi connectivity index (χ1) is 64.0. The van der Waals surface area contributed by atoms with Crippen LogP contribution in [0.1, 0.15) is 232 Å². The summed E-state index contributed by atoms with van der Waals surface area (Å²) in [6.07, 6.45) is -14.5. The van der Waals surface area contributed by atoms with Gasteiger partial charge in [0, 0.05) is 92.8 Å². The van der Waals surface area contributed by atoms with Crippen LogP contribution in [0.25, 0.3) is 0 Å². The Morgan fingerprint density at radius 3 is 0.825 bits per heavy atom. The number of hydrogen-bond acceptors (Lipinski definition) is 24. The number of aliphatic hydroxyl groups excluding tert-OH is 1. The summed E-state index contributed by atoms with van der Waals surface area (Å²) in [6.45, 7) is 12.0. The van der Waals surface area contributed by atoms with Crippen molar-refractivity contribution in [3.8, 4) is 0 Å². The summed E-state index contributed by atoms with van der Waals surface area (Å²) in [5.41, 5.74) is 13.2. The van der Waals surface area contributed by atoms with Gasteiger partial charge in [0.15, 0.2) is 0 Å². The van der Waals surface area contributed by atoms with Gasteiger partial charge in [0.05, 0.1) is 101 Å². The molecule has 10 N–H and O–H groups in total. The lowest BCUT2D eigenvalue weighted by Crippen LogP contribution is -2.42. The summed E-state index contributed by atoms with van der Waals surface area (Å²) in [6, 6.07) is 17.4. The lowest BCUT2D eigenvalue weighted by atomic mass is 9.96. The van der Waals surface area contributed by atoms with Crippen molar-refractivity contribution in [1.82, 2.24) is 44.9 Å². The molecular weight excluding hydrogens is 1840 g/mol. The number of hydrogen-bond donors (Lipinski definition) is 8. The van der Waals surface area contributed by atoms with Crippen molar-refractivity contribution in [3.05, 3.63) is 117 Å². The third-order valence-electron chi connectivity index (χ3n) is 21.8. The van der Waals surface area contributed by atoms with Crippen molar-refractivity contribution < 1.29 is 142 Å². The number of rotatable bonds is 26. The van der Waals surface area contributed by atoms with Gasteiger partial charge in [0.2, 0.25) is 23.6 Å². The molecule has 4 aliphatic carbocycles. The molecule has 137 heavy (non-hydrogen) atoms. The van der Waals surface area contributed by atoms with E-state index in [1.54, 1.807) is 105 Å². The number of nitrogen functional groups attached to an aromatic ring is 1. The van der Waals surface area contributed by atoms with Gasteiger partial charge >= 0.3 is 49.2 Å². The molecule has 9 fully saturated rings. The molecule has 762 valence electrons. The smallest absolute Gasteiger partial charge is 0.410 e. The summed E-state index contributed by atoms with van der Waals surface area (Å²) < 4.78 is 230. The van der Waals surface area contributed by atoms with Gasteiger partial charge in [0.25, 0.3) is 0 Å². The third-order valence-corrected chi connectivity index (χ3v) is 21.8. The Labute approximate surface area is 783 Å². The Morgan fingerprint density at radius 2 is 0.599 bits per heavy atom. The molecule has 5 saturated heterocycles. The largest absolute Gasteiger partial charge is 0.444 e. The lowest BCUT2D eigenvalue weighted by molar-refractivity contribution is -0.146. The van der Waals surface area contributed by atoms with Crippen LogP contribution in [0.3, 0.4) is 0 Å². The highest BCUT2D eigenvalue weighted by Crippen LogP contribution is 2.40. The quantitative estimate of drug-likeness (QED) is 0.0188. The summed E-state index contributed by atoms with van der Waals surface area (Å²) in [5.74, 6) is 1.74. The highest BCUT2D eigenvalue weighted by Gasteiger charge is 2.43. The normalized spacial score (nSPS) is 19.4. The number of pyridine rings is 5. The zero-order valence-corrected chi connectivity index (χ0v) is 77.8. The van der Waals surface area contributed by atoms with Gasteiger partial charge in [-0.15, -0.1) is 0 Å². The number of ether oxygens (including phenoxy) is 8. The van der Waals surface area contributed by atoms with Gasteiger partial charge in [-0.1, -0.05) is 30.3 Å². The predicted molar refractivity (Wildman–Crippen MR) is 469 cm³/mol. The second kappa shape index (κ2) is 48.6. The van der Waals surface area contributed by atoms with Crippen LogP contribution in [0.2, 0.25) is 0 Å². The number of amides is 7. The fraction of sp³-hybridized carbons (Fsp3) is 0.648. The van der Waals surface area contributed by atoms with Crippen LogP contribution >= 0.6 is 0 Å². The maximum Gasteiger partial charge on any atom is 0.410 e. The zero-order valence-electron chi connectivity index (χ0n) is 77.8. The van der Waals surface area contributed by atoms with Gasteiger partial charge in [0.1, 0.15) is 65.5 Å². The highest BCUT2D eigenvalue weighted by molar-refractivity contribution is 5.95. The van der Waals surface area contributed by atoms with Crippen molar-refractivity contribution >= 4 is 71.0 Å². The molecule has 0 aromatic carbocycles. The fourth-order valence-electron chi connectivity index (χ4n) is 14.6. The van der Waals surface area contributed by atoms with E-state index in [0.717, 1.165) is 93.9 Å². The van der Waals surface area contributed by atoms with Gasteiger partial charge < -0.3 is 81.1 Å². The summed E-state index contributed by atoms with van der Waals surface area (Å²) in [4.78, 5) is 109. The first-order valence-corrected chi connectivity index (χ1v) is 45.2. The van der Waals surface area contributed by atoms with Crippen molar-refractivity contribution in [2.75, 3.05) is 126 Å². The average molecular weight is 1970 g/mol. The van der Waals surface area contributed by atoms with Crippen molar-refractivity contribution in [1.29, 1.82) is 0 Å². The average Bonchev–Trinajstić information content (AvgIpc) is 1.80. The molecular formula is C91H122F15N15O16. The van der Waals surface area contributed by atoms with Crippen LogP contribution in [0.15, 0.2) is 60.7 Å². The Hall–Kier alpha value is -10.1. The van der Waals surface area contributed by atoms with E-state index in [2.05, 4.69) is 57.2 Å². The minimum atomic E-state index is -4.61. The molecule has 5 unspecified atom stereocenters. The molecule has 0 radical (unpaired) electrons. The Bertz CT molecular complexity index is 4680. The summed E-state index contributed by atoms with van der Waals surface area (Å²) in [5, 5.41) is 22.8. The number of nitrogens with one attached hydrogen (secondary N) is 5. The van der Waals surface area contributed by atoms with Crippen molar-refractivity contribution in [3.63, 3.8) is 0 Å². The zero-order chi connectivity index (χ0) is 101. The van der Waals surface area contributed by atoms with E-state index in [1.165, 1.54) is 0 Å². The van der Waals surface area contributed by atoms with Crippen LogP contribution in [0, 0.1) is 23.7 Å². The van der Waals surface area contributed by atoms with Crippen molar-refractivity contribution in [2.45, 2.75) is 256 Å². The monoisotopic (exact) mass is 1970 g/mol. The molecule has 5 aliphatic heterocycles. The molecule has 14 rings (SSSR count). The number of aliphatic hydroxyl groups is 1. The molecule has 5 aromatic heterocycles. The lowest BCUT2D eigenvalue weighted by Gasteiger charge is -2.29. The molecule has 10 heterocycles. The van der Waals surface area contributed by atoms with E-state index in [-0.39, 0.29) is 108 Å². The van der Waals surface area contributed by atoms with E-state index in [4.69, 9.17) is 43.6 Å². The third kappa shape index (κ3) is 40.0. The van der Waals surface area contributed by atoms with Crippen LogP contribution in [-0.4, -0.2) is 233 Å². The van der Waals surface area contributed by atoms with Gasteiger partial charge in [-0.25, -0.2) is 39.3 Å². The standard InChI is InChI=1S/2C21H28F3N3O4.C17H24F3N3O3.C16H20F3N3O2.C14H18N2O3.C2H4F3N/c2*1-20(2,3)31-19(29)27(12-21(22,23)24)10-16-15(14-8-9-30-11-14)6-7-17(25-16)26-18(28)13-4-5-13;1-16(2,3)26-15(24)23(10-17(18,19)20)8-13-12(4-5-14(21)22-13)11-6-7-25-9-11;17-16(18,19)9-20-7-13-12(11-5-6-24-8-11)3-4-14(21-13)22-15(23)10-1-2-10;17-7-12-11(10-5-6-19-8-10)3-4-13(15-12)16-14(18)9-1-2-9;3-2(4,5)1-6/h2*6-7,13-14H,4-5,8-12H2,1-3H3,(H,25,26,28);4-5,11H,6-10H2,1-3H3,(H2,21,22);3-4,10-11,20H,1-2,5-9H2,(H,21,22,23);3-4,9-10,17H,1-2,5-8H2,(H,15,16,18);1,6H2. The highest BCUT2D eigenvalue weighted by atomic mass is 19.4. The van der Waals surface area contributed by atoms with E-state index >= 15 is 0 Å². The molecule has 5 aromatic rings. The van der Waals surface area contributed by atoms with Crippen LogP contribution in [0.5, 0.6) is 0 Å². The summed E-state index contributed by atoms with van der Waals surface area (Å²) >= 11 is 0. The molecule has 9 aliphatic rings. The Kier molecular flexibility index (Phi) is 39.2. The fourth-order valence-corrected chi connectivity index (χ4v) is 14.6. The molecule has 0 bridgehead atoms. The number of aromatic nitrogens is 5. The minimum Gasteiger partial charge on any atom is -0.444 e. The number of nitrogens with zero attached hydrogens (tertiary/aromatic N) is 8. The van der Waals surface area contributed by atoms with E-state index in [9.17, 15) is 105 Å². The van der Waals surface area contributed by atoms with Crippen LogP contribution in [0.4, 0.5) is 109 Å². The number of carbonyl (C=O) groups is 7. The van der Waals surface area contributed by atoms with Gasteiger partial charge in [-0.3, -0.25) is 33.9 Å². The maximum absolute atomic E-state index is 13.2. The Balaban J connectivity index is 0.000000190. The SMILES string of the molecule is CC(C)(C)OC(=O)N(Cc1nc(N)ccc1C1CCOC1)CC(F)(F)F.CC(C)(C)OC(=O)N(Cc1nc(NC(=O)C2CC2)ccc1C1CCOC1)CC(F)(F)F.CC(C)(C)OC(=O)N(Cc1nc(NC(=O)C2CC2)ccc1C1CCOC1)CC(F)(F)F.NCC(F)(F)F.O=C(Nc1ccc(C2CCOC2)c(CNCC(F)(F)F)n1)C1CC1.O=C(Nc1ccc(C2CCOC2)c(CO)n1)C1CC1. The van der Waals surface area contributed by atoms with Crippen LogP contribution in [-0.2, 0) is 89.9 Å². The molecule has 7 amide bonds. The Morgan fingerprint density at radius 1 is 0.358 bits per heavy atom. The van der Waals surface area contributed by atoms with Crippen LogP contribution < -0.4 is 38.1 Å².